The minimum absolute atomic E-state index is 0.0162. The van der Waals surface area contributed by atoms with Crippen LogP contribution in [0.25, 0.3) is 17.1 Å². The second kappa shape index (κ2) is 24.0. The summed E-state index contributed by atoms with van der Waals surface area (Å²) in [4.78, 5) is 45.6. The lowest BCUT2D eigenvalue weighted by Gasteiger charge is -2.56. The van der Waals surface area contributed by atoms with E-state index in [0.717, 1.165) is 69.2 Å². The Balaban J connectivity index is 0.000000134. The Bertz CT molecular complexity index is 3700. The van der Waals surface area contributed by atoms with Crippen molar-refractivity contribution in [2.24, 2.45) is 0 Å². The number of rotatable bonds is 13. The number of aryl methyl sites for hydroxylation is 1. The van der Waals surface area contributed by atoms with E-state index in [1.165, 1.54) is 47.0 Å². The van der Waals surface area contributed by atoms with Crippen LogP contribution in [-0.4, -0.2) is 142 Å². The Hall–Kier alpha value is -6.88. The van der Waals surface area contributed by atoms with Gasteiger partial charge in [0, 0.05) is 92.9 Å². The lowest BCUT2D eigenvalue weighted by Crippen LogP contribution is -2.63. The van der Waals surface area contributed by atoms with Crippen molar-refractivity contribution in [3.63, 3.8) is 0 Å². The predicted molar refractivity (Wildman–Crippen MR) is 308 cm³/mol. The molecule has 8 saturated heterocycles. The standard InChI is InChI=1S/C23H23F2N3O2.C22H22F3N3O2.C20H22ClFN2O2/c1-12-22(21(29)11-27-16-5-18-7-17(27)8-19(6-16)30-18)23(25)13(2)28(12)15-4-3-14(10-26)20(24)9-15;1-13-18(21(30)12-27-16-6-7-19(27)20(29)9-16)8-17(10-22(23,24)25)28(13)15-4-2-14(11-26)3-5-15;1-11-7-15(12(2)24(11)14-3-5-16(21)17(22)8-14)20(26)10-23-13-4-6-18(23)19(25)9-13/h3-4,9,16-19H,5-8,11H2,1-2H3;2-5,8,16,19-20,29H,6-7,9-10,12H2,1H3;3,5,7-8,13,18-19,25H,4,6,9-10H2,1-2H3/t;16?,19?,20-;13?,18?,19-/m.00/s1. The molecule has 0 radical (unpaired) electrons. The van der Waals surface area contributed by atoms with E-state index in [1.807, 2.05) is 35.5 Å². The van der Waals surface area contributed by atoms with Gasteiger partial charge in [0.1, 0.15) is 17.7 Å². The van der Waals surface area contributed by atoms with E-state index in [-0.39, 0.29) is 87.8 Å². The van der Waals surface area contributed by atoms with Gasteiger partial charge in [0.2, 0.25) is 0 Å². The first-order chi connectivity index (χ1) is 40.9. The maximum Gasteiger partial charge on any atom is 0.394 e. The summed E-state index contributed by atoms with van der Waals surface area (Å²) in [6.45, 7) is 9.28. The zero-order valence-electron chi connectivity index (χ0n) is 48.4. The molecule has 8 fully saturated rings. The van der Waals surface area contributed by atoms with Crippen LogP contribution in [0, 0.1) is 74.7 Å². The molecule has 452 valence electrons. The summed E-state index contributed by atoms with van der Waals surface area (Å²) < 4.78 is 93.6. The molecule has 0 spiro atoms. The van der Waals surface area contributed by atoms with Crippen LogP contribution >= 0.6 is 11.6 Å². The third-order valence-electron chi connectivity index (χ3n) is 19.1. The van der Waals surface area contributed by atoms with Gasteiger partial charge < -0.3 is 28.7 Å². The molecule has 3 aromatic carbocycles. The normalized spacial score (nSPS) is 25.4. The fraction of sp³-hybridized carbons (Fsp3) is 0.462. The quantitative estimate of drug-likeness (QED) is 0.0832. The van der Waals surface area contributed by atoms with Crippen molar-refractivity contribution in [2.45, 2.75) is 172 Å². The number of aromatic nitrogens is 3. The molecule has 4 unspecified atom stereocenters. The van der Waals surface area contributed by atoms with E-state index >= 15 is 4.39 Å². The maximum absolute atomic E-state index is 15.2. The number of halogens is 7. The smallest absolute Gasteiger partial charge is 0.391 e. The molecule has 8 aliphatic heterocycles. The molecule has 14 nitrogen and oxygen atoms in total. The number of hydrogen-bond donors (Lipinski definition) is 2. The number of Topliss-reactive ketones (excluding diaryl/α,β-unsaturated/α-hetero) is 3. The molecule has 8 bridgehead atoms. The molecule has 6 atom stereocenters. The monoisotopic (exact) mass is 1200 g/mol. The van der Waals surface area contributed by atoms with Crippen LogP contribution in [0.3, 0.4) is 0 Å². The molecule has 3 aromatic heterocycles. The van der Waals surface area contributed by atoms with E-state index in [9.17, 15) is 46.5 Å². The number of hydrogen-bond acceptors (Lipinski definition) is 11. The van der Waals surface area contributed by atoms with Gasteiger partial charge in [-0.05, 0) is 172 Å². The molecule has 0 aliphatic carbocycles. The minimum atomic E-state index is -4.42. The third-order valence-corrected chi connectivity index (χ3v) is 19.4. The molecule has 6 aromatic rings. The minimum Gasteiger partial charge on any atom is -0.391 e. The van der Waals surface area contributed by atoms with Crippen LogP contribution in [-0.2, 0) is 11.2 Å². The van der Waals surface area contributed by atoms with Crippen LogP contribution < -0.4 is 0 Å². The van der Waals surface area contributed by atoms with Gasteiger partial charge in [-0.15, -0.1) is 0 Å². The highest BCUT2D eigenvalue weighted by atomic mass is 35.5. The van der Waals surface area contributed by atoms with Crippen molar-refractivity contribution < 1.29 is 55.7 Å². The summed E-state index contributed by atoms with van der Waals surface area (Å²) in [7, 11) is 0. The van der Waals surface area contributed by atoms with Gasteiger partial charge in [-0.2, -0.15) is 23.7 Å². The molecule has 0 saturated carbocycles. The fourth-order valence-electron chi connectivity index (χ4n) is 15.2. The van der Waals surface area contributed by atoms with Crippen molar-refractivity contribution in [3.05, 3.63) is 157 Å². The number of ether oxygens (including phenoxy) is 1. The topological polar surface area (TPSA) is 173 Å². The van der Waals surface area contributed by atoms with E-state index in [2.05, 4.69) is 9.80 Å². The number of ketones is 3. The third kappa shape index (κ3) is 11.6. The highest BCUT2D eigenvalue weighted by Gasteiger charge is 2.50. The summed E-state index contributed by atoms with van der Waals surface area (Å²) in [5.74, 6) is -2.14. The molecule has 86 heavy (non-hydrogen) atoms. The first-order valence-corrected chi connectivity index (χ1v) is 29.7. The molecular formula is C65H67ClF6N8O6. The molecule has 8 aliphatic rings. The first kappa shape index (κ1) is 60.8. The number of fused-ring (bicyclic) bond motifs is 4. The molecular weight excluding hydrogens is 1140 g/mol. The van der Waals surface area contributed by atoms with Crippen molar-refractivity contribution >= 4 is 29.0 Å². The van der Waals surface area contributed by atoms with Gasteiger partial charge in [-0.25, -0.2) is 13.2 Å². The van der Waals surface area contributed by atoms with Gasteiger partial charge in [0.05, 0.1) is 83.9 Å². The van der Waals surface area contributed by atoms with Gasteiger partial charge in [0.25, 0.3) is 0 Å². The van der Waals surface area contributed by atoms with Gasteiger partial charge in [-0.1, -0.05) is 11.6 Å². The Morgan fingerprint density at radius 3 is 1.59 bits per heavy atom. The number of nitrogens with zero attached hydrogens (tertiary/aromatic N) is 8. The molecule has 0 amide bonds. The number of aliphatic hydroxyl groups is 2. The predicted octanol–water partition coefficient (Wildman–Crippen LogP) is 11.0. The Labute approximate surface area is 499 Å². The number of alkyl halides is 3. The Morgan fingerprint density at radius 2 is 1.09 bits per heavy atom. The summed E-state index contributed by atoms with van der Waals surface area (Å²) in [6, 6.07) is 23.2. The highest BCUT2D eigenvalue weighted by Crippen LogP contribution is 2.44. The number of aliphatic hydroxyl groups excluding tert-OH is 2. The van der Waals surface area contributed by atoms with E-state index in [4.69, 9.17) is 26.9 Å². The largest absolute Gasteiger partial charge is 0.394 e. The zero-order chi connectivity index (χ0) is 61.4. The summed E-state index contributed by atoms with van der Waals surface area (Å²) >= 11 is 5.78. The van der Waals surface area contributed by atoms with Crippen LogP contribution in [0.1, 0.15) is 141 Å². The fourth-order valence-corrected chi connectivity index (χ4v) is 15.3. The zero-order valence-corrected chi connectivity index (χ0v) is 49.1. The van der Waals surface area contributed by atoms with E-state index in [1.54, 1.807) is 55.7 Å². The SMILES string of the molecule is Cc1c(C(=O)CN2C3CCC2[C@@H](O)C3)cc(CC(F)(F)F)n1-c1ccc(C#N)cc1.Cc1c(F)c(C(=O)CN2C3CC4CC2CC(C3)O4)c(C)n1-c1ccc(C#N)c(F)c1.Cc1cc(C(=O)CN2C3CCC2[C@@H](O)C3)c(C)n1-c1ccc(Cl)c(F)c1. The van der Waals surface area contributed by atoms with Crippen LogP contribution in [0.2, 0.25) is 5.02 Å². The van der Waals surface area contributed by atoms with Crippen LogP contribution in [0.4, 0.5) is 26.3 Å². The lowest BCUT2D eigenvalue weighted by molar-refractivity contribution is -0.179. The number of nitriles is 2. The Kier molecular flexibility index (Phi) is 17.0. The summed E-state index contributed by atoms with van der Waals surface area (Å²) in [5.41, 5.74) is 5.63. The maximum atomic E-state index is 15.2. The number of piperidine rings is 2. The van der Waals surface area contributed by atoms with Crippen LogP contribution in [0.5, 0.6) is 0 Å². The van der Waals surface area contributed by atoms with Crippen molar-refractivity contribution in [1.82, 2.24) is 28.4 Å². The van der Waals surface area contributed by atoms with Gasteiger partial charge in [-0.3, -0.25) is 29.1 Å². The molecule has 14 rings (SSSR count). The summed E-state index contributed by atoms with van der Waals surface area (Å²) in [6.07, 6.45) is 3.19. The lowest BCUT2D eigenvalue weighted by atomic mass is 9.78. The number of carbonyl (C=O) groups excluding carboxylic acids is 3. The molecule has 2 N–H and O–H groups in total. The molecule has 21 heteroatoms. The first-order valence-electron chi connectivity index (χ1n) is 29.3. The average Bonchev–Trinajstić information content (AvgIpc) is 3.14. The number of carbonyl (C=O) groups is 3. The van der Waals surface area contributed by atoms with E-state index in [0.29, 0.717) is 82.9 Å². The second-order valence-electron chi connectivity index (χ2n) is 24.2. The van der Waals surface area contributed by atoms with Gasteiger partial charge >= 0.3 is 6.18 Å². The van der Waals surface area contributed by atoms with E-state index < -0.39 is 36.2 Å². The van der Waals surface area contributed by atoms with Crippen molar-refractivity contribution in [3.8, 4) is 29.2 Å². The number of benzene rings is 3. The van der Waals surface area contributed by atoms with Crippen LogP contribution in [0.15, 0.2) is 72.8 Å². The highest BCUT2D eigenvalue weighted by molar-refractivity contribution is 6.30. The molecule has 11 heterocycles. The summed E-state index contributed by atoms with van der Waals surface area (Å²) in [5, 5.41) is 38.1. The average molecular weight is 1210 g/mol. The van der Waals surface area contributed by atoms with Crippen molar-refractivity contribution in [2.75, 3.05) is 19.6 Å². The second-order valence-corrected chi connectivity index (χ2v) is 24.6. The Morgan fingerprint density at radius 1 is 0.581 bits per heavy atom. The van der Waals surface area contributed by atoms with Gasteiger partial charge in [0.15, 0.2) is 23.2 Å². The van der Waals surface area contributed by atoms with Crippen molar-refractivity contribution in [1.29, 1.82) is 10.5 Å².